The number of esters is 1. The van der Waals surface area contributed by atoms with Crippen molar-refractivity contribution in [2.75, 3.05) is 47.5 Å². The van der Waals surface area contributed by atoms with Gasteiger partial charge >= 0.3 is 5.97 Å². The van der Waals surface area contributed by atoms with Crippen LogP contribution >= 0.6 is 0 Å². The van der Waals surface area contributed by atoms with Crippen LogP contribution in [-0.4, -0.2) is 74.5 Å². The number of carbonyl (C=O) groups is 2. The van der Waals surface area contributed by atoms with E-state index in [2.05, 4.69) is 34.1 Å². The lowest BCUT2D eigenvalue weighted by molar-refractivity contribution is -0.150. The summed E-state index contributed by atoms with van der Waals surface area (Å²) in [6.45, 7) is 8.68. The van der Waals surface area contributed by atoms with Crippen LogP contribution in [0, 0.1) is 5.41 Å². The van der Waals surface area contributed by atoms with E-state index in [0.717, 1.165) is 43.5 Å². The molecule has 0 radical (unpaired) electrons. The Hall–Kier alpha value is -3.36. The molecule has 0 bridgehead atoms. The highest BCUT2D eigenvalue weighted by Crippen LogP contribution is 2.61. The van der Waals surface area contributed by atoms with E-state index in [1.165, 1.54) is 47.0 Å². The van der Waals surface area contributed by atoms with E-state index >= 15 is 0 Å². The van der Waals surface area contributed by atoms with Crippen molar-refractivity contribution < 1.29 is 23.8 Å². The Morgan fingerprint density at radius 3 is 2.50 bits per heavy atom. The van der Waals surface area contributed by atoms with Crippen LogP contribution in [-0.2, 0) is 20.8 Å². The van der Waals surface area contributed by atoms with Crippen LogP contribution in [0.15, 0.2) is 36.4 Å². The highest BCUT2D eigenvalue weighted by Gasteiger charge is 2.57. The molecular formula is C38H51N3O5. The number of amides is 1. The van der Waals surface area contributed by atoms with E-state index in [0.29, 0.717) is 37.8 Å². The van der Waals surface area contributed by atoms with Gasteiger partial charge in [-0.15, -0.1) is 0 Å². The van der Waals surface area contributed by atoms with Gasteiger partial charge in [0.05, 0.1) is 37.0 Å². The molecule has 6 rings (SSSR count). The van der Waals surface area contributed by atoms with Crippen molar-refractivity contribution in [1.82, 2.24) is 14.8 Å². The third kappa shape index (κ3) is 5.95. The number of likely N-dealkylation sites (N-methyl/N-ethyl adjacent to an activating group) is 2. The SMILES string of the molecule is CNCCOCCN(C)C(=O)C12CCC1c1cc(OC)ccc1-c1c(C3CCCCC3)c3ccc(C(=O)OC(C)(C)C)cc3n1C2. The third-order valence-electron chi connectivity index (χ3n) is 10.5. The Bertz CT molecular complexity index is 1600. The summed E-state index contributed by atoms with van der Waals surface area (Å²) in [5, 5.41) is 4.28. The maximum absolute atomic E-state index is 14.6. The average molecular weight is 630 g/mol. The van der Waals surface area contributed by atoms with Crippen LogP contribution in [0.3, 0.4) is 0 Å². The monoisotopic (exact) mass is 629 g/mol. The summed E-state index contributed by atoms with van der Waals surface area (Å²) >= 11 is 0. The lowest BCUT2D eigenvalue weighted by atomic mass is 9.56. The second-order valence-electron chi connectivity index (χ2n) is 14.6. The van der Waals surface area contributed by atoms with E-state index in [4.69, 9.17) is 14.2 Å². The molecule has 2 fully saturated rings. The van der Waals surface area contributed by atoms with Gasteiger partial charge in [0.15, 0.2) is 0 Å². The van der Waals surface area contributed by atoms with Crippen molar-refractivity contribution in [2.24, 2.45) is 5.41 Å². The Balaban J connectivity index is 1.52. The minimum atomic E-state index is -0.607. The Morgan fingerprint density at radius 1 is 1.04 bits per heavy atom. The molecule has 1 N–H and O–H groups in total. The smallest absolute Gasteiger partial charge is 0.338 e. The third-order valence-corrected chi connectivity index (χ3v) is 10.5. The number of benzene rings is 2. The summed E-state index contributed by atoms with van der Waals surface area (Å²) in [7, 11) is 5.53. The number of hydrogen-bond acceptors (Lipinski definition) is 6. The van der Waals surface area contributed by atoms with Gasteiger partial charge in [-0.1, -0.05) is 25.3 Å². The molecule has 2 unspecified atom stereocenters. The van der Waals surface area contributed by atoms with Crippen LogP contribution in [0.1, 0.15) is 99.0 Å². The largest absolute Gasteiger partial charge is 0.497 e. The summed E-state index contributed by atoms with van der Waals surface area (Å²) in [6, 6.07) is 12.5. The quantitative estimate of drug-likeness (QED) is 0.194. The number of nitrogens with one attached hydrogen (secondary N) is 1. The van der Waals surface area contributed by atoms with Crippen molar-refractivity contribution >= 4 is 22.8 Å². The first-order valence-corrected chi connectivity index (χ1v) is 17.1. The van der Waals surface area contributed by atoms with Gasteiger partial charge in [0.25, 0.3) is 0 Å². The van der Waals surface area contributed by atoms with Crippen molar-refractivity contribution in [2.45, 2.75) is 89.7 Å². The lowest BCUT2D eigenvalue weighted by Crippen LogP contribution is -2.53. The number of methoxy groups -OCH3 is 1. The maximum Gasteiger partial charge on any atom is 0.338 e. The summed E-state index contributed by atoms with van der Waals surface area (Å²) in [5.74, 6) is 1.14. The topological polar surface area (TPSA) is 82.0 Å². The van der Waals surface area contributed by atoms with Gasteiger partial charge in [-0.3, -0.25) is 4.79 Å². The van der Waals surface area contributed by atoms with Gasteiger partial charge in [0.2, 0.25) is 5.91 Å². The highest BCUT2D eigenvalue weighted by molar-refractivity contribution is 6.00. The molecule has 8 heteroatoms. The molecule has 2 aromatic carbocycles. The van der Waals surface area contributed by atoms with E-state index in [-0.39, 0.29) is 17.8 Å². The van der Waals surface area contributed by atoms with E-state index in [1.54, 1.807) is 7.11 Å². The minimum absolute atomic E-state index is 0.0703. The van der Waals surface area contributed by atoms with E-state index in [9.17, 15) is 9.59 Å². The molecule has 1 amide bonds. The first kappa shape index (κ1) is 32.6. The van der Waals surface area contributed by atoms with E-state index < -0.39 is 11.0 Å². The van der Waals surface area contributed by atoms with E-state index in [1.807, 2.05) is 51.9 Å². The zero-order valence-electron chi connectivity index (χ0n) is 28.5. The maximum atomic E-state index is 14.6. The second-order valence-corrected chi connectivity index (χ2v) is 14.6. The van der Waals surface area contributed by atoms with Crippen molar-refractivity contribution in [1.29, 1.82) is 0 Å². The molecular weight excluding hydrogens is 578 g/mol. The highest BCUT2D eigenvalue weighted by atomic mass is 16.6. The molecule has 3 aromatic rings. The number of ether oxygens (including phenoxy) is 3. The molecule has 3 aliphatic rings. The van der Waals surface area contributed by atoms with Crippen molar-refractivity contribution in [3.63, 3.8) is 0 Å². The van der Waals surface area contributed by atoms with Gasteiger partial charge < -0.3 is 29.0 Å². The normalized spacial score (nSPS) is 21.0. The fourth-order valence-corrected chi connectivity index (χ4v) is 8.12. The zero-order valence-corrected chi connectivity index (χ0v) is 28.5. The standard InChI is InChI=1S/C38H51N3O5/c1-37(2,3)46-35(42)26-12-14-29-32(22-26)41-24-38(36(43)40(5)19-21-45-20-18-39-4)17-16-31(38)30-23-27(44-6)13-15-28(30)34(41)33(29)25-10-8-7-9-11-25/h12-15,22-23,25,31,39H,7-11,16-21,24H2,1-6H3. The molecule has 8 nitrogen and oxygen atoms in total. The van der Waals surface area contributed by atoms with Gasteiger partial charge in [-0.05, 0) is 101 Å². The predicted octanol–water partition coefficient (Wildman–Crippen LogP) is 6.89. The first-order valence-electron chi connectivity index (χ1n) is 17.1. The molecule has 0 spiro atoms. The second kappa shape index (κ2) is 13.0. The number of nitrogens with zero attached hydrogens (tertiary/aromatic N) is 2. The Kier molecular flexibility index (Phi) is 9.23. The molecule has 0 saturated heterocycles. The van der Waals surface area contributed by atoms with Gasteiger partial charge in [-0.25, -0.2) is 4.79 Å². The molecule has 2 aliphatic carbocycles. The van der Waals surface area contributed by atoms with Gasteiger partial charge in [0, 0.05) is 49.1 Å². The van der Waals surface area contributed by atoms with Crippen LogP contribution in [0.5, 0.6) is 5.75 Å². The molecule has 248 valence electrons. The summed E-state index contributed by atoms with van der Waals surface area (Å²) < 4.78 is 19.8. The molecule has 2 heterocycles. The number of hydrogen-bond donors (Lipinski definition) is 1. The Labute approximate surface area is 273 Å². The predicted molar refractivity (Wildman–Crippen MR) is 182 cm³/mol. The Morgan fingerprint density at radius 2 is 1.83 bits per heavy atom. The van der Waals surface area contributed by atoms with Crippen molar-refractivity contribution in [3.05, 3.63) is 53.1 Å². The lowest BCUT2D eigenvalue weighted by Gasteiger charge is -2.49. The van der Waals surface area contributed by atoms with Crippen LogP contribution < -0.4 is 10.1 Å². The van der Waals surface area contributed by atoms with Crippen LogP contribution in [0.2, 0.25) is 0 Å². The fraction of sp³-hybridized carbons (Fsp3) is 0.579. The molecule has 2 saturated carbocycles. The minimum Gasteiger partial charge on any atom is -0.497 e. The molecule has 1 aliphatic heterocycles. The van der Waals surface area contributed by atoms with Gasteiger partial charge in [-0.2, -0.15) is 0 Å². The first-order chi connectivity index (χ1) is 22.1. The number of rotatable bonds is 10. The summed E-state index contributed by atoms with van der Waals surface area (Å²) in [6.07, 6.45) is 7.75. The number of carbonyl (C=O) groups excluding carboxylic acids is 2. The summed E-state index contributed by atoms with van der Waals surface area (Å²) in [4.78, 5) is 29.9. The zero-order chi connectivity index (χ0) is 32.6. The van der Waals surface area contributed by atoms with Gasteiger partial charge in [0.1, 0.15) is 11.4 Å². The number of fused-ring (bicyclic) bond motifs is 7. The molecule has 2 atom stereocenters. The molecule has 1 aromatic heterocycles. The average Bonchev–Trinajstić information content (AvgIpc) is 3.31. The van der Waals surface area contributed by atoms with Crippen molar-refractivity contribution in [3.8, 4) is 17.0 Å². The van der Waals surface area contributed by atoms with Crippen LogP contribution in [0.25, 0.3) is 22.2 Å². The fourth-order valence-electron chi connectivity index (χ4n) is 8.12. The number of aromatic nitrogens is 1. The van der Waals surface area contributed by atoms with Crippen LogP contribution in [0.4, 0.5) is 0 Å². The molecule has 46 heavy (non-hydrogen) atoms. The summed E-state index contributed by atoms with van der Waals surface area (Å²) in [5.41, 5.74) is 5.32.